The van der Waals surface area contributed by atoms with E-state index in [4.69, 9.17) is 9.15 Å². The number of fused-ring (bicyclic) bond motifs is 1. The minimum Gasteiger partial charge on any atom is -0.462 e. The molecule has 0 atom stereocenters. The minimum atomic E-state index is -0.634. The van der Waals surface area contributed by atoms with Crippen molar-refractivity contribution in [3.8, 4) is 11.1 Å². The smallest absolute Gasteiger partial charge is 0.341 e. The van der Waals surface area contributed by atoms with Crippen molar-refractivity contribution >= 4 is 44.9 Å². The zero-order valence-electron chi connectivity index (χ0n) is 16.3. The number of carbonyl (C=O) groups is 2. The molecule has 0 saturated carbocycles. The summed E-state index contributed by atoms with van der Waals surface area (Å²) >= 11 is 1.13. The zero-order valence-corrected chi connectivity index (χ0v) is 17.1. The highest BCUT2D eigenvalue weighted by molar-refractivity contribution is 7.15. The van der Waals surface area contributed by atoms with E-state index in [2.05, 4.69) is 5.32 Å². The fraction of sp³-hybridized carbons (Fsp3) is 0.0909. The molecule has 0 radical (unpaired) electrons. The summed E-state index contributed by atoms with van der Waals surface area (Å²) in [6.45, 7) is 1.81. The van der Waals surface area contributed by atoms with Gasteiger partial charge in [0.25, 0.3) is 11.6 Å². The lowest BCUT2D eigenvalue weighted by Gasteiger charge is -2.08. The number of thiophene rings is 1. The predicted octanol–water partition coefficient (Wildman–Crippen LogP) is 5.50. The van der Waals surface area contributed by atoms with Gasteiger partial charge in [-0.05, 0) is 24.6 Å². The molecule has 2 aromatic carbocycles. The van der Waals surface area contributed by atoms with Gasteiger partial charge in [-0.3, -0.25) is 14.9 Å². The lowest BCUT2D eigenvalue weighted by atomic mass is 10.0. The Kier molecular flexibility index (Phi) is 5.50. The SMILES string of the molecule is CCOC(=O)c1c(-c2cccc([N+](=O)[O-])c2)csc1NC(=O)c1cc2ccccc2o1. The number of esters is 1. The molecule has 2 heterocycles. The number of nitro benzene ring substituents is 1. The molecule has 4 rings (SSSR count). The average molecular weight is 436 g/mol. The molecule has 0 unspecified atom stereocenters. The summed E-state index contributed by atoms with van der Waals surface area (Å²) in [7, 11) is 0. The number of hydrogen-bond acceptors (Lipinski definition) is 7. The second kappa shape index (κ2) is 8.41. The number of furan rings is 1. The van der Waals surface area contributed by atoms with Crippen LogP contribution >= 0.6 is 11.3 Å². The third-order valence-corrected chi connectivity index (χ3v) is 5.41. The molecule has 1 N–H and O–H groups in total. The maximum Gasteiger partial charge on any atom is 0.341 e. The van der Waals surface area contributed by atoms with Crippen molar-refractivity contribution in [2.24, 2.45) is 0 Å². The van der Waals surface area contributed by atoms with E-state index < -0.39 is 16.8 Å². The van der Waals surface area contributed by atoms with Crippen molar-refractivity contribution < 1.29 is 23.7 Å². The van der Waals surface area contributed by atoms with Crippen LogP contribution in [-0.4, -0.2) is 23.4 Å². The van der Waals surface area contributed by atoms with Gasteiger partial charge in [0.15, 0.2) is 5.76 Å². The molecule has 0 bridgehead atoms. The maximum absolute atomic E-state index is 12.8. The van der Waals surface area contributed by atoms with Gasteiger partial charge in [0.2, 0.25) is 0 Å². The highest BCUT2D eigenvalue weighted by Gasteiger charge is 2.25. The number of rotatable bonds is 6. The minimum absolute atomic E-state index is 0.0984. The number of hydrogen-bond donors (Lipinski definition) is 1. The first-order chi connectivity index (χ1) is 15.0. The second-order valence-electron chi connectivity index (χ2n) is 6.48. The average Bonchev–Trinajstić information content (AvgIpc) is 3.38. The third kappa shape index (κ3) is 4.03. The number of benzene rings is 2. The number of carbonyl (C=O) groups excluding carboxylic acids is 2. The van der Waals surface area contributed by atoms with Crippen LogP contribution in [0.15, 0.2) is 64.4 Å². The molecule has 0 saturated heterocycles. The molecule has 8 nitrogen and oxygen atoms in total. The van der Waals surface area contributed by atoms with Crippen LogP contribution in [0.5, 0.6) is 0 Å². The topological polar surface area (TPSA) is 112 Å². The van der Waals surface area contributed by atoms with Crippen LogP contribution in [0.25, 0.3) is 22.1 Å². The molecule has 4 aromatic rings. The van der Waals surface area contributed by atoms with Gasteiger partial charge in [0.05, 0.1) is 11.5 Å². The molecular weight excluding hydrogens is 420 g/mol. The highest BCUT2D eigenvalue weighted by atomic mass is 32.1. The van der Waals surface area contributed by atoms with Crippen molar-refractivity contribution in [1.82, 2.24) is 0 Å². The molecule has 31 heavy (non-hydrogen) atoms. The summed E-state index contributed by atoms with van der Waals surface area (Å²) in [5.41, 5.74) is 1.51. The highest BCUT2D eigenvalue weighted by Crippen LogP contribution is 2.37. The Morgan fingerprint density at radius 3 is 2.71 bits per heavy atom. The number of nitrogens with zero attached hydrogens (tertiary/aromatic N) is 1. The first-order valence-electron chi connectivity index (χ1n) is 9.31. The number of nitro groups is 1. The third-order valence-electron chi connectivity index (χ3n) is 4.51. The normalized spacial score (nSPS) is 10.7. The molecule has 0 aliphatic heterocycles. The number of para-hydroxylation sites is 1. The number of anilines is 1. The van der Waals surface area contributed by atoms with Gasteiger partial charge in [0.1, 0.15) is 16.1 Å². The van der Waals surface area contributed by atoms with E-state index in [-0.39, 0.29) is 28.6 Å². The Morgan fingerprint density at radius 2 is 1.97 bits per heavy atom. The van der Waals surface area contributed by atoms with E-state index in [9.17, 15) is 19.7 Å². The van der Waals surface area contributed by atoms with Crippen LogP contribution in [0.1, 0.15) is 27.8 Å². The van der Waals surface area contributed by atoms with E-state index >= 15 is 0 Å². The van der Waals surface area contributed by atoms with Gasteiger partial charge in [-0.25, -0.2) is 4.79 Å². The van der Waals surface area contributed by atoms with E-state index in [1.54, 1.807) is 36.6 Å². The number of amides is 1. The Hall–Kier alpha value is -3.98. The molecular formula is C22H16N2O6S. The van der Waals surface area contributed by atoms with Gasteiger partial charge >= 0.3 is 5.97 Å². The molecule has 0 fully saturated rings. The van der Waals surface area contributed by atoms with Crippen LogP contribution in [-0.2, 0) is 4.74 Å². The number of nitrogens with one attached hydrogen (secondary N) is 1. The second-order valence-corrected chi connectivity index (χ2v) is 7.36. The summed E-state index contributed by atoms with van der Waals surface area (Å²) in [5.74, 6) is -1.05. The number of non-ortho nitro benzene ring substituents is 1. The van der Waals surface area contributed by atoms with Gasteiger partial charge in [-0.2, -0.15) is 0 Å². The fourth-order valence-corrected chi connectivity index (χ4v) is 4.07. The van der Waals surface area contributed by atoms with Crippen molar-refractivity contribution in [2.75, 3.05) is 11.9 Å². The van der Waals surface area contributed by atoms with E-state index in [1.807, 2.05) is 12.1 Å². The van der Waals surface area contributed by atoms with E-state index in [0.29, 0.717) is 16.7 Å². The summed E-state index contributed by atoms with van der Waals surface area (Å²) in [6, 6.07) is 14.8. The lowest BCUT2D eigenvalue weighted by molar-refractivity contribution is -0.384. The largest absolute Gasteiger partial charge is 0.462 e. The van der Waals surface area contributed by atoms with Crippen LogP contribution in [0.2, 0.25) is 0 Å². The molecule has 1 amide bonds. The Morgan fingerprint density at radius 1 is 1.16 bits per heavy atom. The fourth-order valence-electron chi connectivity index (χ4n) is 3.11. The maximum atomic E-state index is 12.8. The molecule has 156 valence electrons. The Bertz CT molecular complexity index is 1270. The van der Waals surface area contributed by atoms with Crippen LogP contribution in [0.4, 0.5) is 10.7 Å². The van der Waals surface area contributed by atoms with Gasteiger partial charge in [-0.1, -0.05) is 30.3 Å². The first-order valence-corrected chi connectivity index (χ1v) is 10.2. The van der Waals surface area contributed by atoms with Crippen molar-refractivity contribution in [1.29, 1.82) is 0 Å². The van der Waals surface area contributed by atoms with Crippen molar-refractivity contribution in [3.05, 3.63) is 81.4 Å². The van der Waals surface area contributed by atoms with Gasteiger partial charge in [-0.15, -0.1) is 11.3 Å². The molecule has 0 aliphatic rings. The standard InChI is InChI=1S/C22H16N2O6S/c1-2-29-22(26)19-16(13-7-5-8-15(10-13)24(27)28)12-31-21(19)23-20(25)18-11-14-6-3-4-9-17(14)30-18/h3-12H,2H2,1H3,(H,23,25). The molecule has 0 spiro atoms. The summed E-state index contributed by atoms with van der Waals surface area (Å²) in [4.78, 5) is 36.1. The Balaban J connectivity index is 1.72. The van der Waals surface area contributed by atoms with Crippen molar-refractivity contribution in [3.63, 3.8) is 0 Å². The first kappa shape index (κ1) is 20.3. The lowest BCUT2D eigenvalue weighted by Crippen LogP contribution is -2.14. The van der Waals surface area contributed by atoms with Crippen LogP contribution in [0, 0.1) is 10.1 Å². The van der Waals surface area contributed by atoms with Gasteiger partial charge < -0.3 is 14.5 Å². The predicted molar refractivity (Wildman–Crippen MR) is 117 cm³/mol. The number of ether oxygens (including phenoxy) is 1. The summed E-state index contributed by atoms with van der Waals surface area (Å²) in [5, 5.41) is 16.5. The monoisotopic (exact) mass is 436 g/mol. The van der Waals surface area contributed by atoms with Crippen LogP contribution in [0.3, 0.4) is 0 Å². The van der Waals surface area contributed by atoms with Crippen molar-refractivity contribution in [2.45, 2.75) is 6.92 Å². The Labute approximate surface area is 180 Å². The van der Waals surface area contributed by atoms with E-state index in [1.165, 1.54) is 18.2 Å². The molecule has 9 heteroatoms. The van der Waals surface area contributed by atoms with E-state index in [0.717, 1.165) is 16.7 Å². The summed E-state index contributed by atoms with van der Waals surface area (Å²) in [6.07, 6.45) is 0. The zero-order chi connectivity index (χ0) is 22.0. The molecule has 0 aliphatic carbocycles. The van der Waals surface area contributed by atoms with Gasteiger partial charge in [0, 0.05) is 28.5 Å². The quantitative estimate of drug-likeness (QED) is 0.243. The molecule has 2 aromatic heterocycles. The summed E-state index contributed by atoms with van der Waals surface area (Å²) < 4.78 is 10.7. The van der Waals surface area contributed by atoms with Crippen LogP contribution < -0.4 is 5.32 Å².